The second-order valence-electron chi connectivity index (χ2n) is 5.51. The molecule has 1 aliphatic carbocycles. The first kappa shape index (κ1) is 18.3. The molecule has 0 aromatic carbocycles. The molecule has 0 atom stereocenters. The van der Waals surface area contributed by atoms with Crippen molar-refractivity contribution in [3.8, 4) is 0 Å². The van der Waals surface area contributed by atoms with Crippen LogP contribution in [0, 0.1) is 0 Å². The highest BCUT2D eigenvalue weighted by molar-refractivity contribution is 6.30. The van der Waals surface area contributed by atoms with Gasteiger partial charge in [-0.15, -0.1) is 0 Å². The fourth-order valence-corrected chi connectivity index (χ4v) is 2.71. The third-order valence-electron chi connectivity index (χ3n) is 3.63. The lowest BCUT2D eigenvalue weighted by atomic mass is 10.2. The van der Waals surface area contributed by atoms with E-state index in [-0.39, 0.29) is 6.04 Å². The smallest absolute Gasteiger partial charge is 0.335 e. The van der Waals surface area contributed by atoms with Crippen molar-refractivity contribution in [3.63, 3.8) is 0 Å². The fourth-order valence-electron chi connectivity index (χ4n) is 2.48. The minimum Gasteiger partial charge on any atom is -0.335 e. The van der Waals surface area contributed by atoms with Gasteiger partial charge in [0.25, 0.3) is 5.56 Å². The number of hydrogen-bond acceptors (Lipinski definition) is 3. The molecule has 24 heavy (non-hydrogen) atoms. The molecule has 1 saturated carbocycles. The van der Waals surface area contributed by atoms with Gasteiger partial charge in [-0.3, -0.25) is 14.9 Å². The molecule has 0 unspecified atom stereocenters. The molecule has 3 amide bonds. The number of urea groups is 1. The molecule has 2 rings (SSSR count). The molecule has 10 heteroatoms. The van der Waals surface area contributed by atoms with Crippen LogP contribution in [0.3, 0.4) is 0 Å². The molecule has 0 spiro atoms. The van der Waals surface area contributed by atoms with E-state index in [9.17, 15) is 27.6 Å². The van der Waals surface area contributed by atoms with Crippen LogP contribution in [0.2, 0.25) is 5.02 Å². The summed E-state index contributed by atoms with van der Waals surface area (Å²) in [6.45, 7) is -0.749. The van der Waals surface area contributed by atoms with Gasteiger partial charge in [0, 0.05) is 12.2 Å². The first-order valence-corrected chi connectivity index (χ1v) is 7.62. The maximum atomic E-state index is 12.7. The number of carbonyl (C=O) groups excluding carboxylic acids is 2. The zero-order valence-corrected chi connectivity index (χ0v) is 13.2. The van der Waals surface area contributed by atoms with E-state index in [1.54, 1.807) is 0 Å². The Morgan fingerprint density at radius 3 is 2.50 bits per heavy atom. The molecule has 132 valence electrons. The minimum atomic E-state index is -4.71. The van der Waals surface area contributed by atoms with Crippen molar-refractivity contribution in [1.82, 2.24) is 15.2 Å². The van der Waals surface area contributed by atoms with Gasteiger partial charge in [0.1, 0.15) is 11.6 Å². The number of nitrogens with one attached hydrogen (secondary N) is 2. The molecule has 1 aromatic rings. The van der Waals surface area contributed by atoms with E-state index in [0.29, 0.717) is 16.8 Å². The van der Waals surface area contributed by atoms with E-state index in [4.69, 9.17) is 11.6 Å². The van der Waals surface area contributed by atoms with Crippen molar-refractivity contribution in [2.75, 3.05) is 0 Å². The van der Waals surface area contributed by atoms with Gasteiger partial charge in [-0.2, -0.15) is 13.2 Å². The Labute approximate surface area is 140 Å². The average molecular weight is 366 g/mol. The Hall–Kier alpha value is -2.03. The second-order valence-corrected chi connectivity index (χ2v) is 5.92. The van der Waals surface area contributed by atoms with E-state index in [1.807, 2.05) is 5.32 Å². The summed E-state index contributed by atoms with van der Waals surface area (Å²) in [6, 6.07) is -0.271. The van der Waals surface area contributed by atoms with Gasteiger partial charge >= 0.3 is 12.2 Å². The Morgan fingerprint density at radius 1 is 1.29 bits per heavy atom. The number of rotatable bonds is 3. The summed E-state index contributed by atoms with van der Waals surface area (Å²) in [4.78, 5) is 35.1. The van der Waals surface area contributed by atoms with Crippen molar-refractivity contribution >= 4 is 23.5 Å². The molecule has 0 saturated heterocycles. The van der Waals surface area contributed by atoms with Gasteiger partial charge in [-0.25, -0.2) is 4.79 Å². The van der Waals surface area contributed by atoms with Gasteiger partial charge in [0.2, 0.25) is 5.91 Å². The normalized spacial score (nSPS) is 15.3. The first-order valence-electron chi connectivity index (χ1n) is 7.24. The first-order chi connectivity index (χ1) is 11.2. The maximum Gasteiger partial charge on any atom is 0.417 e. The number of imide groups is 1. The van der Waals surface area contributed by atoms with Crippen molar-refractivity contribution in [1.29, 1.82) is 0 Å². The van der Waals surface area contributed by atoms with Crippen LogP contribution >= 0.6 is 11.6 Å². The topological polar surface area (TPSA) is 80.2 Å². The van der Waals surface area contributed by atoms with Crippen LogP contribution in [0.5, 0.6) is 0 Å². The van der Waals surface area contributed by atoms with Crippen LogP contribution in [0.15, 0.2) is 17.1 Å². The fraction of sp³-hybridized carbons (Fsp3) is 0.500. The summed E-state index contributed by atoms with van der Waals surface area (Å²) >= 11 is 5.48. The average Bonchev–Trinajstić information content (AvgIpc) is 2.95. The summed E-state index contributed by atoms with van der Waals surface area (Å²) in [5.41, 5.74) is -2.11. The molecule has 1 heterocycles. The summed E-state index contributed by atoms with van der Waals surface area (Å²) < 4.78 is 38.7. The van der Waals surface area contributed by atoms with Crippen LogP contribution in [-0.2, 0) is 17.5 Å². The summed E-state index contributed by atoms with van der Waals surface area (Å²) in [7, 11) is 0. The van der Waals surface area contributed by atoms with Gasteiger partial charge in [-0.05, 0) is 18.9 Å². The highest BCUT2D eigenvalue weighted by Gasteiger charge is 2.32. The van der Waals surface area contributed by atoms with Gasteiger partial charge in [-0.1, -0.05) is 24.4 Å². The van der Waals surface area contributed by atoms with Crippen molar-refractivity contribution in [3.05, 3.63) is 33.2 Å². The van der Waals surface area contributed by atoms with Crippen LogP contribution in [0.25, 0.3) is 0 Å². The van der Waals surface area contributed by atoms with E-state index in [2.05, 4.69) is 5.32 Å². The second kappa shape index (κ2) is 7.25. The quantitative estimate of drug-likeness (QED) is 0.862. The number of pyridine rings is 1. The van der Waals surface area contributed by atoms with E-state index < -0.39 is 40.8 Å². The lowest BCUT2D eigenvalue weighted by Gasteiger charge is -2.14. The van der Waals surface area contributed by atoms with Crippen molar-refractivity contribution < 1.29 is 22.8 Å². The minimum absolute atomic E-state index is 0.0245. The number of halogens is 4. The number of nitrogens with zero attached hydrogens (tertiary/aromatic N) is 1. The summed E-state index contributed by atoms with van der Waals surface area (Å²) in [5.74, 6) is -0.914. The third-order valence-corrected chi connectivity index (χ3v) is 3.90. The van der Waals surface area contributed by atoms with Crippen LogP contribution in [0.4, 0.5) is 18.0 Å². The van der Waals surface area contributed by atoms with Crippen molar-refractivity contribution in [2.45, 2.75) is 44.4 Å². The van der Waals surface area contributed by atoms with Crippen molar-refractivity contribution in [2.24, 2.45) is 0 Å². The Balaban J connectivity index is 2.04. The molecule has 0 bridgehead atoms. The summed E-state index contributed by atoms with van der Waals surface area (Å²) in [5, 5.41) is 3.92. The number of hydrogen-bond donors (Lipinski definition) is 2. The zero-order valence-electron chi connectivity index (χ0n) is 12.5. The van der Waals surface area contributed by atoms with E-state index in [1.165, 1.54) is 0 Å². The number of amides is 3. The molecular weight excluding hydrogens is 351 g/mol. The van der Waals surface area contributed by atoms with Gasteiger partial charge < -0.3 is 9.88 Å². The number of carbonyl (C=O) groups is 2. The molecule has 2 N–H and O–H groups in total. The largest absolute Gasteiger partial charge is 0.417 e. The van der Waals surface area contributed by atoms with Gasteiger partial charge in [0.05, 0.1) is 5.56 Å². The Kier molecular flexibility index (Phi) is 5.53. The van der Waals surface area contributed by atoms with Crippen LogP contribution < -0.4 is 16.2 Å². The lowest BCUT2D eigenvalue weighted by Crippen LogP contribution is -2.45. The number of aromatic nitrogens is 1. The van der Waals surface area contributed by atoms with E-state index >= 15 is 0 Å². The molecular formula is C14H15ClF3N3O3. The SMILES string of the molecule is O=C(Cn1cc(C(F)(F)F)cc(Cl)c1=O)NC(=O)NC1CCCC1. The van der Waals surface area contributed by atoms with Crippen LogP contribution in [0.1, 0.15) is 31.2 Å². The Morgan fingerprint density at radius 2 is 1.92 bits per heavy atom. The molecule has 6 nitrogen and oxygen atoms in total. The monoisotopic (exact) mass is 365 g/mol. The zero-order chi connectivity index (χ0) is 17.9. The predicted molar refractivity (Wildman–Crippen MR) is 79.6 cm³/mol. The molecule has 1 aliphatic rings. The number of alkyl halides is 3. The Bertz CT molecular complexity index is 697. The van der Waals surface area contributed by atoms with Crippen LogP contribution in [-0.4, -0.2) is 22.5 Å². The standard InChI is InChI=1S/C14H15ClF3N3O3/c15-10-5-8(14(16,17)18)6-21(12(10)23)7-11(22)20-13(24)19-9-3-1-2-4-9/h5-6,9H,1-4,7H2,(H2,19,20,22,24). The maximum absolute atomic E-state index is 12.7. The van der Waals surface area contributed by atoms with Gasteiger partial charge in [0.15, 0.2) is 0 Å². The summed E-state index contributed by atoms with van der Waals surface area (Å²) in [6.07, 6.45) is -0.638. The molecule has 0 aliphatic heterocycles. The predicted octanol–water partition coefficient (Wildman–Crippen LogP) is 2.29. The van der Waals surface area contributed by atoms with E-state index in [0.717, 1.165) is 25.7 Å². The third kappa shape index (κ3) is 4.73. The molecule has 0 radical (unpaired) electrons. The molecule has 1 aromatic heterocycles. The molecule has 1 fully saturated rings. The highest BCUT2D eigenvalue weighted by atomic mass is 35.5. The highest BCUT2D eigenvalue weighted by Crippen LogP contribution is 2.29. The lowest BCUT2D eigenvalue weighted by molar-refractivity contribution is -0.138.